The molecule has 1 saturated carbocycles. The van der Waals surface area contributed by atoms with E-state index in [0.29, 0.717) is 29.7 Å². The van der Waals surface area contributed by atoms with Gasteiger partial charge < -0.3 is 5.32 Å². The molecule has 0 bridgehead atoms. The summed E-state index contributed by atoms with van der Waals surface area (Å²) in [7, 11) is -3.42. The minimum Gasteiger partial charge on any atom is -0.312 e. The van der Waals surface area contributed by atoms with Crippen LogP contribution in [0.25, 0.3) is 0 Å². The van der Waals surface area contributed by atoms with Crippen LogP contribution in [0.4, 0.5) is 5.69 Å². The van der Waals surface area contributed by atoms with Gasteiger partial charge in [-0.3, -0.25) is 4.31 Å². The van der Waals surface area contributed by atoms with Crippen LogP contribution in [0.15, 0.2) is 34.2 Å². The van der Waals surface area contributed by atoms with Gasteiger partial charge in [-0.2, -0.15) is 0 Å². The summed E-state index contributed by atoms with van der Waals surface area (Å²) in [4.78, 5) is 4.47. The molecule has 1 fully saturated rings. The third-order valence-electron chi connectivity index (χ3n) is 3.12. The van der Waals surface area contributed by atoms with E-state index in [1.807, 2.05) is 0 Å². The van der Waals surface area contributed by atoms with E-state index in [1.165, 1.54) is 23.5 Å². The number of nitrogens with one attached hydrogen (secondary N) is 1. The Balaban J connectivity index is 1.77. The van der Waals surface area contributed by atoms with E-state index in [2.05, 4.69) is 10.3 Å². The molecule has 0 spiro atoms. The number of benzene rings is 1. The maximum atomic E-state index is 12.3. The Labute approximate surface area is 107 Å². The lowest BCUT2D eigenvalue weighted by Gasteiger charge is -2.24. The lowest BCUT2D eigenvalue weighted by Crippen LogP contribution is -2.37. The first-order valence-corrected chi connectivity index (χ1v) is 7.50. The number of aliphatic imine (C=N–C) groups is 1. The zero-order valence-electron chi connectivity index (χ0n) is 9.91. The number of hydrogen-bond acceptors (Lipinski definition) is 4. The number of para-hydroxylation sites is 1. The number of fused-ring (bicyclic) bond motifs is 1. The summed E-state index contributed by atoms with van der Waals surface area (Å²) in [5, 5.41) is 3.30. The summed E-state index contributed by atoms with van der Waals surface area (Å²) in [5.74, 6) is 0. The Morgan fingerprint density at radius 3 is 2.89 bits per heavy atom. The Hall–Kier alpha value is -1.40. The molecule has 1 aromatic carbocycles. The molecule has 0 amide bonds. The van der Waals surface area contributed by atoms with Crippen molar-refractivity contribution < 1.29 is 8.42 Å². The summed E-state index contributed by atoms with van der Waals surface area (Å²) in [6, 6.07) is 7.40. The molecule has 18 heavy (non-hydrogen) atoms. The molecular weight excluding hydrogens is 250 g/mol. The first-order chi connectivity index (χ1) is 8.68. The van der Waals surface area contributed by atoms with E-state index >= 15 is 0 Å². The predicted molar refractivity (Wildman–Crippen MR) is 69.5 cm³/mol. The highest BCUT2D eigenvalue weighted by molar-refractivity contribution is 7.89. The standard InChI is InChI=1S/C12H15N3O2S/c16-18(17)12-4-2-1-3-11(12)14-9-15(18)8-7-13-10-5-6-10/h1-4,9-10,13H,5-8H2. The first kappa shape index (κ1) is 11.7. The van der Waals surface area contributed by atoms with Gasteiger partial charge in [0, 0.05) is 19.1 Å². The van der Waals surface area contributed by atoms with Crippen LogP contribution in [-0.2, 0) is 10.0 Å². The largest absolute Gasteiger partial charge is 0.312 e. The van der Waals surface area contributed by atoms with Gasteiger partial charge in [-0.25, -0.2) is 13.4 Å². The van der Waals surface area contributed by atoms with Crippen LogP contribution >= 0.6 is 0 Å². The third kappa shape index (κ3) is 2.13. The minimum absolute atomic E-state index is 0.291. The molecule has 0 radical (unpaired) electrons. The highest BCUT2D eigenvalue weighted by Gasteiger charge is 2.28. The van der Waals surface area contributed by atoms with Gasteiger partial charge in [0.25, 0.3) is 10.0 Å². The van der Waals surface area contributed by atoms with Crippen LogP contribution in [0.2, 0.25) is 0 Å². The Bertz CT molecular complexity index is 579. The van der Waals surface area contributed by atoms with Crippen molar-refractivity contribution in [2.45, 2.75) is 23.8 Å². The normalized spacial score (nSPS) is 20.8. The van der Waals surface area contributed by atoms with Crippen LogP contribution in [0.5, 0.6) is 0 Å². The van der Waals surface area contributed by atoms with E-state index in [4.69, 9.17) is 0 Å². The van der Waals surface area contributed by atoms with Gasteiger partial charge in [0.2, 0.25) is 0 Å². The fourth-order valence-corrected chi connectivity index (χ4v) is 3.33. The quantitative estimate of drug-likeness (QED) is 0.887. The van der Waals surface area contributed by atoms with Crippen LogP contribution in [0, 0.1) is 0 Å². The van der Waals surface area contributed by atoms with E-state index in [-0.39, 0.29) is 0 Å². The number of rotatable bonds is 4. The molecule has 0 aromatic heterocycles. The topological polar surface area (TPSA) is 61.8 Å². The molecule has 1 N–H and O–H groups in total. The number of nitrogens with zero attached hydrogens (tertiary/aromatic N) is 2. The van der Waals surface area contributed by atoms with Gasteiger partial charge in [-0.15, -0.1) is 0 Å². The molecule has 1 aromatic rings. The lowest BCUT2D eigenvalue weighted by molar-refractivity contribution is 0.509. The Morgan fingerprint density at radius 2 is 2.11 bits per heavy atom. The number of hydrogen-bond donors (Lipinski definition) is 1. The van der Waals surface area contributed by atoms with Crippen LogP contribution in [-0.4, -0.2) is 38.2 Å². The molecule has 5 nitrogen and oxygen atoms in total. The smallest absolute Gasteiger partial charge is 0.267 e. The zero-order chi connectivity index (χ0) is 12.6. The van der Waals surface area contributed by atoms with Crippen molar-refractivity contribution in [3.63, 3.8) is 0 Å². The molecule has 0 atom stereocenters. The van der Waals surface area contributed by atoms with Gasteiger partial charge in [0.15, 0.2) is 0 Å². The molecule has 2 aliphatic rings. The van der Waals surface area contributed by atoms with Crippen molar-refractivity contribution in [2.75, 3.05) is 13.1 Å². The maximum Gasteiger partial charge on any atom is 0.267 e. The van der Waals surface area contributed by atoms with Crippen LogP contribution < -0.4 is 5.32 Å². The first-order valence-electron chi connectivity index (χ1n) is 6.06. The zero-order valence-corrected chi connectivity index (χ0v) is 10.7. The minimum atomic E-state index is -3.42. The molecule has 1 aliphatic carbocycles. The lowest BCUT2D eigenvalue weighted by atomic mass is 10.3. The maximum absolute atomic E-state index is 12.3. The number of sulfonamides is 1. The van der Waals surface area contributed by atoms with Crippen molar-refractivity contribution in [1.29, 1.82) is 0 Å². The SMILES string of the molecule is O=S1(=O)c2ccccc2N=CN1CCNC1CC1. The third-order valence-corrected chi connectivity index (χ3v) is 4.92. The van der Waals surface area contributed by atoms with Gasteiger partial charge in [0.05, 0.1) is 5.69 Å². The van der Waals surface area contributed by atoms with E-state index in [9.17, 15) is 8.42 Å². The molecule has 0 unspecified atom stereocenters. The van der Waals surface area contributed by atoms with Crippen molar-refractivity contribution in [1.82, 2.24) is 9.62 Å². The molecule has 1 heterocycles. The second-order valence-corrected chi connectivity index (χ2v) is 6.42. The van der Waals surface area contributed by atoms with E-state index < -0.39 is 10.0 Å². The van der Waals surface area contributed by atoms with Gasteiger partial charge in [-0.05, 0) is 25.0 Å². The molecular formula is C12H15N3O2S. The second kappa shape index (κ2) is 4.37. The van der Waals surface area contributed by atoms with Crippen molar-refractivity contribution in [3.05, 3.63) is 24.3 Å². The Morgan fingerprint density at radius 1 is 1.33 bits per heavy atom. The van der Waals surface area contributed by atoms with Gasteiger partial charge >= 0.3 is 0 Å². The summed E-state index contributed by atoms with van der Waals surface area (Å²) < 4.78 is 25.9. The van der Waals surface area contributed by atoms with Crippen molar-refractivity contribution >= 4 is 22.0 Å². The Kier molecular flexibility index (Phi) is 2.83. The summed E-state index contributed by atoms with van der Waals surface area (Å²) in [6.07, 6.45) is 3.81. The van der Waals surface area contributed by atoms with E-state index in [0.717, 1.165) is 0 Å². The van der Waals surface area contributed by atoms with Gasteiger partial charge in [0.1, 0.15) is 11.2 Å². The highest BCUT2D eigenvalue weighted by Crippen LogP contribution is 2.29. The predicted octanol–water partition coefficient (Wildman–Crippen LogP) is 1.10. The fraction of sp³-hybridized carbons (Fsp3) is 0.417. The summed E-state index contributed by atoms with van der Waals surface area (Å²) in [5.41, 5.74) is 0.518. The monoisotopic (exact) mass is 265 g/mol. The average Bonchev–Trinajstić information content (AvgIpc) is 3.16. The van der Waals surface area contributed by atoms with Gasteiger partial charge in [-0.1, -0.05) is 12.1 Å². The van der Waals surface area contributed by atoms with E-state index in [1.54, 1.807) is 24.3 Å². The van der Waals surface area contributed by atoms with Crippen molar-refractivity contribution in [3.8, 4) is 0 Å². The molecule has 1 aliphatic heterocycles. The van der Waals surface area contributed by atoms with Crippen LogP contribution in [0.3, 0.4) is 0 Å². The van der Waals surface area contributed by atoms with Crippen LogP contribution in [0.1, 0.15) is 12.8 Å². The highest BCUT2D eigenvalue weighted by atomic mass is 32.2. The van der Waals surface area contributed by atoms with Crippen molar-refractivity contribution in [2.24, 2.45) is 4.99 Å². The molecule has 96 valence electrons. The second-order valence-electron chi connectivity index (χ2n) is 4.56. The molecule has 0 saturated heterocycles. The molecule has 6 heteroatoms. The fourth-order valence-electron chi connectivity index (χ4n) is 1.94. The summed E-state index contributed by atoms with van der Waals surface area (Å²) >= 11 is 0. The summed E-state index contributed by atoms with van der Waals surface area (Å²) in [6.45, 7) is 1.09. The average molecular weight is 265 g/mol. The molecule has 3 rings (SSSR count).